The summed E-state index contributed by atoms with van der Waals surface area (Å²) in [4.78, 5) is 30.5. The van der Waals surface area contributed by atoms with Gasteiger partial charge in [0.2, 0.25) is 5.91 Å². The molecule has 0 aromatic carbocycles. The Labute approximate surface area is 136 Å². The molecule has 3 N–H and O–H groups in total. The third kappa shape index (κ3) is 2.86. The number of nitrogens with one attached hydrogen (secondary N) is 2. The molecule has 0 spiro atoms. The van der Waals surface area contributed by atoms with Crippen LogP contribution in [0.15, 0.2) is 30.9 Å². The van der Waals surface area contributed by atoms with Gasteiger partial charge in [-0.15, -0.1) is 0 Å². The summed E-state index contributed by atoms with van der Waals surface area (Å²) < 4.78 is 1.47. The molecule has 9 nitrogen and oxygen atoms in total. The Balaban J connectivity index is 1.95. The van der Waals surface area contributed by atoms with Crippen molar-refractivity contribution in [3.05, 3.63) is 42.0 Å². The largest absolute Gasteiger partial charge is 0.478 e. The van der Waals surface area contributed by atoms with Crippen LogP contribution in [-0.2, 0) is 4.79 Å². The first-order valence-electron chi connectivity index (χ1n) is 7.02. The summed E-state index contributed by atoms with van der Waals surface area (Å²) in [5.74, 6) is -0.326. The zero-order chi connectivity index (χ0) is 17.3. The highest BCUT2D eigenvalue weighted by Crippen LogP contribution is 2.25. The Bertz CT molecular complexity index is 932. The van der Waals surface area contributed by atoms with E-state index in [2.05, 4.69) is 25.7 Å². The van der Waals surface area contributed by atoms with Crippen molar-refractivity contribution >= 4 is 34.7 Å². The number of rotatable bonds is 4. The maximum absolute atomic E-state index is 11.3. The van der Waals surface area contributed by atoms with Crippen molar-refractivity contribution in [3.8, 4) is 0 Å². The van der Waals surface area contributed by atoms with Crippen LogP contribution in [0.25, 0.3) is 5.52 Å². The lowest BCUT2D eigenvalue weighted by Gasteiger charge is -2.08. The van der Waals surface area contributed by atoms with E-state index in [0.29, 0.717) is 28.4 Å². The van der Waals surface area contributed by atoms with E-state index in [9.17, 15) is 14.7 Å². The molecule has 0 atom stereocenters. The number of carboxylic acid groups (broad SMARTS) is 1. The van der Waals surface area contributed by atoms with Gasteiger partial charge in [-0.05, 0) is 24.6 Å². The molecule has 1 amide bonds. The third-order valence-corrected chi connectivity index (χ3v) is 3.39. The van der Waals surface area contributed by atoms with Gasteiger partial charge in [0.1, 0.15) is 17.7 Å². The number of pyridine rings is 1. The van der Waals surface area contributed by atoms with Crippen molar-refractivity contribution in [1.82, 2.24) is 19.6 Å². The van der Waals surface area contributed by atoms with E-state index in [0.717, 1.165) is 0 Å². The SMILES string of the molecule is CC(=O)Nc1ccc(Nc2ncnn3cc(C(=O)O)c(C)c23)cn1. The molecule has 0 unspecified atom stereocenters. The fourth-order valence-corrected chi connectivity index (χ4v) is 2.33. The van der Waals surface area contributed by atoms with Crippen LogP contribution in [0.1, 0.15) is 22.8 Å². The van der Waals surface area contributed by atoms with Crippen LogP contribution in [0.5, 0.6) is 0 Å². The molecule has 0 saturated heterocycles. The van der Waals surface area contributed by atoms with E-state index in [-0.39, 0.29) is 11.5 Å². The van der Waals surface area contributed by atoms with Gasteiger partial charge in [-0.3, -0.25) is 4.79 Å². The van der Waals surface area contributed by atoms with Gasteiger partial charge in [-0.2, -0.15) is 5.10 Å². The first kappa shape index (κ1) is 15.4. The zero-order valence-electron chi connectivity index (χ0n) is 12.9. The fourth-order valence-electron chi connectivity index (χ4n) is 2.33. The summed E-state index contributed by atoms with van der Waals surface area (Å²) in [5, 5.41) is 18.9. The van der Waals surface area contributed by atoms with E-state index >= 15 is 0 Å². The van der Waals surface area contributed by atoms with E-state index in [1.165, 1.54) is 24.0 Å². The van der Waals surface area contributed by atoms with Crippen molar-refractivity contribution < 1.29 is 14.7 Å². The van der Waals surface area contributed by atoms with E-state index in [1.54, 1.807) is 25.3 Å². The fraction of sp³-hybridized carbons (Fsp3) is 0.133. The highest BCUT2D eigenvalue weighted by Gasteiger charge is 2.17. The monoisotopic (exact) mass is 326 g/mol. The summed E-state index contributed by atoms with van der Waals surface area (Å²) in [7, 11) is 0. The standard InChI is InChI=1S/C15H14N6O3/c1-8-11(15(23)24)6-21-13(8)14(17-7-18-21)20-10-3-4-12(16-5-10)19-9(2)22/h3-7H,1-2H3,(H,23,24)(H,16,19,22)(H,17,18,20). The zero-order valence-corrected chi connectivity index (χ0v) is 12.9. The molecular formula is C15H14N6O3. The number of hydrogen-bond acceptors (Lipinski definition) is 6. The second-order valence-electron chi connectivity index (χ2n) is 5.11. The highest BCUT2D eigenvalue weighted by atomic mass is 16.4. The molecule has 3 heterocycles. The number of carboxylic acids is 1. The molecule has 3 aromatic heterocycles. The van der Waals surface area contributed by atoms with E-state index in [1.807, 2.05) is 0 Å². The highest BCUT2D eigenvalue weighted by molar-refractivity contribution is 5.94. The molecule has 0 aliphatic heterocycles. The van der Waals surface area contributed by atoms with Crippen LogP contribution in [-0.4, -0.2) is 36.6 Å². The number of nitrogens with zero attached hydrogens (tertiary/aromatic N) is 4. The van der Waals surface area contributed by atoms with Gasteiger partial charge >= 0.3 is 5.97 Å². The normalized spacial score (nSPS) is 10.6. The average molecular weight is 326 g/mol. The van der Waals surface area contributed by atoms with E-state index < -0.39 is 5.97 Å². The Morgan fingerprint density at radius 2 is 2.04 bits per heavy atom. The quantitative estimate of drug-likeness (QED) is 0.668. The molecule has 0 aliphatic rings. The molecule has 3 rings (SSSR count). The maximum Gasteiger partial charge on any atom is 0.337 e. The van der Waals surface area contributed by atoms with Gasteiger partial charge in [-0.1, -0.05) is 0 Å². The number of anilines is 3. The van der Waals surface area contributed by atoms with Gasteiger partial charge in [-0.25, -0.2) is 19.3 Å². The topological polar surface area (TPSA) is 122 Å². The average Bonchev–Trinajstić information content (AvgIpc) is 2.87. The molecule has 9 heteroatoms. The van der Waals surface area contributed by atoms with Gasteiger partial charge in [0.15, 0.2) is 5.82 Å². The summed E-state index contributed by atoms with van der Waals surface area (Å²) in [5.41, 5.74) is 1.94. The van der Waals surface area contributed by atoms with Crippen LogP contribution in [0, 0.1) is 6.92 Å². The summed E-state index contributed by atoms with van der Waals surface area (Å²) >= 11 is 0. The number of hydrogen-bond donors (Lipinski definition) is 3. The van der Waals surface area contributed by atoms with Gasteiger partial charge in [0, 0.05) is 13.1 Å². The Morgan fingerprint density at radius 3 is 2.67 bits per heavy atom. The van der Waals surface area contributed by atoms with Crippen molar-refractivity contribution in [2.24, 2.45) is 0 Å². The van der Waals surface area contributed by atoms with Gasteiger partial charge in [0.25, 0.3) is 0 Å². The summed E-state index contributed by atoms with van der Waals surface area (Å²) in [6, 6.07) is 3.38. The van der Waals surface area contributed by atoms with Crippen molar-refractivity contribution in [2.75, 3.05) is 10.6 Å². The predicted molar refractivity (Wildman–Crippen MR) is 86.5 cm³/mol. The Kier molecular flexibility index (Phi) is 3.82. The first-order valence-corrected chi connectivity index (χ1v) is 7.02. The number of aromatic carboxylic acids is 1. The molecule has 24 heavy (non-hydrogen) atoms. The predicted octanol–water partition coefficient (Wildman–Crippen LogP) is 1.83. The minimum absolute atomic E-state index is 0.165. The smallest absolute Gasteiger partial charge is 0.337 e. The van der Waals surface area contributed by atoms with Gasteiger partial charge < -0.3 is 15.7 Å². The van der Waals surface area contributed by atoms with Crippen LogP contribution in [0.4, 0.5) is 17.3 Å². The summed E-state index contributed by atoms with van der Waals surface area (Å²) in [6.07, 6.45) is 4.32. The molecule has 0 radical (unpaired) electrons. The van der Waals surface area contributed by atoms with E-state index in [4.69, 9.17) is 0 Å². The lowest BCUT2D eigenvalue weighted by atomic mass is 10.2. The second-order valence-corrected chi connectivity index (χ2v) is 5.11. The lowest BCUT2D eigenvalue weighted by molar-refractivity contribution is -0.114. The molecule has 0 aliphatic carbocycles. The molecule has 0 fully saturated rings. The maximum atomic E-state index is 11.3. The van der Waals surface area contributed by atoms with Crippen LogP contribution >= 0.6 is 0 Å². The number of carbonyl (C=O) groups is 2. The molecule has 0 bridgehead atoms. The third-order valence-electron chi connectivity index (χ3n) is 3.39. The minimum Gasteiger partial charge on any atom is -0.478 e. The Hall–Kier alpha value is -3.49. The number of aromatic nitrogens is 4. The number of carbonyl (C=O) groups excluding carboxylic acids is 1. The molecule has 0 saturated carbocycles. The first-order chi connectivity index (χ1) is 11.5. The number of aryl methyl sites for hydroxylation is 1. The molecular weight excluding hydrogens is 312 g/mol. The Morgan fingerprint density at radius 1 is 1.25 bits per heavy atom. The van der Waals surface area contributed by atoms with Crippen LogP contribution in [0.2, 0.25) is 0 Å². The van der Waals surface area contributed by atoms with Crippen molar-refractivity contribution in [3.63, 3.8) is 0 Å². The van der Waals surface area contributed by atoms with Gasteiger partial charge in [0.05, 0.1) is 17.4 Å². The molecule has 122 valence electrons. The lowest BCUT2D eigenvalue weighted by Crippen LogP contribution is -2.07. The second kappa shape index (κ2) is 5.95. The molecule has 3 aromatic rings. The number of fused-ring (bicyclic) bond motifs is 1. The van der Waals surface area contributed by atoms with Crippen molar-refractivity contribution in [1.29, 1.82) is 0 Å². The number of amides is 1. The minimum atomic E-state index is -1.02. The van der Waals surface area contributed by atoms with Crippen molar-refractivity contribution in [2.45, 2.75) is 13.8 Å². The summed E-state index contributed by atoms with van der Waals surface area (Å²) in [6.45, 7) is 3.10. The van der Waals surface area contributed by atoms with Crippen LogP contribution < -0.4 is 10.6 Å². The van der Waals surface area contributed by atoms with Crippen LogP contribution in [0.3, 0.4) is 0 Å².